The van der Waals surface area contributed by atoms with Crippen molar-refractivity contribution in [3.05, 3.63) is 54.0 Å². The minimum absolute atomic E-state index is 0.344. The average molecular weight is 437 g/mol. The summed E-state index contributed by atoms with van der Waals surface area (Å²) in [7, 11) is 3.52. The molecule has 1 fully saturated rings. The van der Waals surface area contributed by atoms with Crippen molar-refractivity contribution in [2.24, 2.45) is 13.0 Å². The first kappa shape index (κ1) is 22.2. The Morgan fingerprint density at radius 3 is 2.62 bits per heavy atom. The van der Waals surface area contributed by atoms with Gasteiger partial charge in [0.15, 0.2) is 0 Å². The highest BCUT2D eigenvalue weighted by molar-refractivity contribution is 5.92. The van der Waals surface area contributed by atoms with Crippen molar-refractivity contribution in [3.63, 3.8) is 0 Å². The van der Waals surface area contributed by atoms with Gasteiger partial charge in [-0.05, 0) is 36.9 Å². The number of amides is 1. The second-order valence-corrected chi connectivity index (χ2v) is 8.45. The van der Waals surface area contributed by atoms with E-state index in [1.807, 2.05) is 0 Å². The topological polar surface area (TPSA) is 75.5 Å². The summed E-state index contributed by atoms with van der Waals surface area (Å²) in [5.74, 6) is 0.997. The fourth-order valence-electron chi connectivity index (χ4n) is 4.53. The molecule has 3 heterocycles. The number of carbonyl (C=O) groups excluding carboxylic acids is 1. The molecule has 32 heavy (non-hydrogen) atoms. The van der Waals surface area contributed by atoms with Crippen LogP contribution in [0.1, 0.15) is 35.7 Å². The Balaban J connectivity index is 1.32. The lowest BCUT2D eigenvalue weighted by atomic mass is 9.96. The molecule has 0 saturated carbocycles. The molecule has 1 N–H and O–H groups in total. The largest absolute Gasteiger partial charge is 0.350 e. The Morgan fingerprint density at radius 2 is 1.94 bits per heavy atom. The lowest BCUT2D eigenvalue weighted by molar-refractivity contribution is 0.0537. The average Bonchev–Trinajstić information content (AvgIpc) is 3.14. The number of aryl methyl sites for hydroxylation is 1. The van der Waals surface area contributed by atoms with Crippen LogP contribution in [0.25, 0.3) is 10.9 Å². The summed E-state index contributed by atoms with van der Waals surface area (Å²) in [5, 5.41) is 1.35. The number of benzene rings is 1. The van der Waals surface area contributed by atoms with E-state index in [-0.39, 0.29) is 5.91 Å². The summed E-state index contributed by atoms with van der Waals surface area (Å²) in [5.41, 5.74) is 5.35. The second kappa shape index (κ2) is 10.1. The molecule has 1 aliphatic rings. The zero-order valence-corrected chi connectivity index (χ0v) is 19.1. The third-order valence-electron chi connectivity index (χ3n) is 6.33. The molecule has 170 valence electrons. The molecule has 1 aliphatic heterocycles. The summed E-state index contributed by atoms with van der Waals surface area (Å²) < 4.78 is 2.22. The van der Waals surface area contributed by atoms with E-state index < -0.39 is 0 Å². The van der Waals surface area contributed by atoms with Crippen LogP contribution in [-0.4, -0.2) is 58.6 Å². The Morgan fingerprint density at radius 1 is 1.22 bits per heavy atom. The second-order valence-electron chi connectivity index (χ2n) is 8.45. The summed E-state index contributed by atoms with van der Waals surface area (Å²) >= 11 is 0. The van der Waals surface area contributed by atoms with E-state index in [2.05, 4.69) is 79.1 Å². The van der Waals surface area contributed by atoms with Gasteiger partial charge in [0.05, 0.1) is 12.7 Å². The highest BCUT2D eigenvalue weighted by Gasteiger charge is 2.23. The van der Waals surface area contributed by atoms with E-state index in [0.29, 0.717) is 17.4 Å². The van der Waals surface area contributed by atoms with Crippen molar-refractivity contribution >= 4 is 22.8 Å². The molecule has 0 aliphatic carbocycles. The van der Waals surface area contributed by atoms with Crippen molar-refractivity contribution in [1.29, 1.82) is 0 Å². The zero-order valence-electron chi connectivity index (χ0n) is 19.1. The zero-order chi connectivity index (χ0) is 22.5. The number of fused-ring (bicyclic) bond motifs is 1. The maximum Gasteiger partial charge on any atom is 0.277 e. The maximum absolute atomic E-state index is 11.8. The number of hydrogen-bond donors (Lipinski definition) is 1. The van der Waals surface area contributed by atoms with Gasteiger partial charge in [0, 0.05) is 62.7 Å². The molecule has 0 unspecified atom stereocenters. The monoisotopic (exact) mass is 436 g/mol. The maximum atomic E-state index is 11.8. The number of hydroxylamine groups is 1. The molecule has 0 atom stereocenters. The summed E-state index contributed by atoms with van der Waals surface area (Å²) in [6.07, 6.45) is 7.59. The van der Waals surface area contributed by atoms with Crippen LogP contribution in [0.2, 0.25) is 0 Å². The molecular formula is C24H32N6O2. The van der Waals surface area contributed by atoms with Gasteiger partial charge in [0.1, 0.15) is 0 Å². The number of para-hydroxylation sites is 1. The number of aromatic nitrogens is 3. The van der Waals surface area contributed by atoms with Gasteiger partial charge in [-0.1, -0.05) is 25.1 Å². The molecule has 2 aromatic heterocycles. The third kappa shape index (κ3) is 4.92. The fourth-order valence-corrected chi connectivity index (χ4v) is 4.53. The molecule has 4 rings (SSSR count). The molecule has 8 nitrogen and oxygen atoms in total. The van der Waals surface area contributed by atoms with E-state index in [1.165, 1.54) is 23.6 Å². The van der Waals surface area contributed by atoms with Gasteiger partial charge in [-0.25, -0.2) is 15.4 Å². The number of anilines is 1. The number of nitrogens with zero attached hydrogens (tertiary/aromatic N) is 5. The smallest absolute Gasteiger partial charge is 0.277 e. The van der Waals surface area contributed by atoms with Gasteiger partial charge in [-0.15, -0.1) is 0 Å². The normalized spacial score (nSPS) is 14.9. The Kier molecular flexibility index (Phi) is 7.02. The van der Waals surface area contributed by atoms with Crippen LogP contribution in [0.15, 0.2) is 42.9 Å². The van der Waals surface area contributed by atoms with Crippen molar-refractivity contribution in [2.75, 3.05) is 38.2 Å². The number of carbonyl (C=O) groups is 1. The Bertz CT molecular complexity index is 1040. The van der Waals surface area contributed by atoms with Gasteiger partial charge >= 0.3 is 0 Å². The first-order chi connectivity index (χ1) is 15.6. The van der Waals surface area contributed by atoms with Crippen molar-refractivity contribution < 1.29 is 9.63 Å². The standard InChI is InChI=1S/C24H32N6O2/c1-4-29(17-20-16-28(2)22-8-6-5-7-21(20)22)15-18-9-11-30(12-10-18)24-25-13-19(14-26-24)23(31)27-32-3/h5-8,13-14,16,18H,4,9-12,15,17H2,1-3H3,(H,27,31). The quantitative estimate of drug-likeness (QED) is 0.547. The molecule has 3 aromatic rings. The molecule has 0 bridgehead atoms. The van der Waals surface area contributed by atoms with Crippen LogP contribution >= 0.6 is 0 Å². The molecule has 0 spiro atoms. The number of piperidine rings is 1. The Labute approximate surface area is 189 Å². The van der Waals surface area contributed by atoms with E-state index in [0.717, 1.165) is 45.6 Å². The lowest BCUT2D eigenvalue weighted by Crippen LogP contribution is -2.39. The molecule has 1 amide bonds. The summed E-state index contributed by atoms with van der Waals surface area (Å²) in [6, 6.07) is 8.63. The number of rotatable bonds is 8. The van der Waals surface area contributed by atoms with Crippen LogP contribution in [0.3, 0.4) is 0 Å². The highest BCUT2D eigenvalue weighted by Crippen LogP contribution is 2.25. The van der Waals surface area contributed by atoms with Gasteiger partial charge in [-0.2, -0.15) is 0 Å². The van der Waals surface area contributed by atoms with Crippen LogP contribution in [0.4, 0.5) is 5.95 Å². The first-order valence-corrected chi connectivity index (χ1v) is 11.2. The molecule has 8 heteroatoms. The van der Waals surface area contributed by atoms with Crippen LogP contribution in [0.5, 0.6) is 0 Å². The van der Waals surface area contributed by atoms with E-state index in [1.54, 1.807) is 12.4 Å². The minimum atomic E-state index is -0.344. The summed E-state index contributed by atoms with van der Waals surface area (Å²) in [6.45, 7) is 7.23. The highest BCUT2D eigenvalue weighted by atomic mass is 16.6. The number of hydrogen-bond acceptors (Lipinski definition) is 6. The Hall–Kier alpha value is -2.97. The minimum Gasteiger partial charge on any atom is -0.350 e. The van der Waals surface area contributed by atoms with Crippen molar-refractivity contribution in [2.45, 2.75) is 26.3 Å². The fraction of sp³-hybridized carbons (Fsp3) is 0.458. The van der Waals surface area contributed by atoms with E-state index in [4.69, 9.17) is 0 Å². The van der Waals surface area contributed by atoms with E-state index >= 15 is 0 Å². The van der Waals surface area contributed by atoms with Gasteiger partial charge in [0.2, 0.25) is 5.95 Å². The van der Waals surface area contributed by atoms with Crippen molar-refractivity contribution in [3.8, 4) is 0 Å². The molecule has 0 radical (unpaired) electrons. The predicted molar refractivity (Wildman–Crippen MR) is 125 cm³/mol. The van der Waals surface area contributed by atoms with Crippen LogP contribution < -0.4 is 10.4 Å². The van der Waals surface area contributed by atoms with Gasteiger partial charge in [0.25, 0.3) is 5.91 Å². The van der Waals surface area contributed by atoms with Crippen LogP contribution in [0, 0.1) is 5.92 Å². The third-order valence-corrected chi connectivity index (χ3v) is 6.33. The molecule has 1 saturated heterocycles. The first-order valence-electron chi connectivity index (χ1n) is 11.2. The molecule has 1 aromatic carbocycles. The summed E-state index contributed by atoms with van der Waals surface area (Å²) in [4.78, 5) is 29.9. The number of nitrogens with one attached hydrogen (secondary N) is 1. The van der Waals surface area contributed by atoms with Crippen molar-refractivity contribution in [1.82, 2.24) is 24.9 Å². The predicted octanol–water partition coefficient (Wildman–Crippen LogP) is 3.00. The SMILES string of the molecule is CCN(Cc1cn(C)c2ccccc12)CC1CCN(c2ncc(C(=O)NOC)cn2)CC1. The lowest BCUT2D eigenvalue weighted by Gasteiger charge is -2.34. The van der Waals surface area contributed by atoms with Crippen LogP contribution in [-0.2, 0) is 18.4 Å². The molecular weight excluding hydrogens is 404 g/mol. The van der Waals surface area contributed by atoms with E-state index in [9.17, 15) is 4.79 Å². The van der Waals surface area contributed by atoms with Gasteiger partial charge < -0.3 is 9.47 Å². The van der Waals surface area contributed by atoms with Gasteiger partial charge in [-0.3, -0.25) is 14.5 Å².